The molecule has 4 rings (SSSR count). The molecule has 3 aliphatic rings. The molecule has 1 aromatic rings. The molecule has 174 valence electrons. The molecule has 2 fully saturated rings. The molecule has 0 bridgehead atoms. The zero-order chi connectivity index (χ0) is 23.1. The van der Waals surface area contributed by atoms with Gasteiger partial charge in [0, 0.05) is 42.4 Å². The molecule has 0 radical (unpaired) electrons. The first-order chi connectivity index (χ1) is 15.1. The van der Waals surface area contributed by atoms with Crippen LogP contribution in [0.25, 0.3) is 0 Å². The van der Waals surface area contributed by atoms with Crippen LogP contribution in [-0.4, -0.2) is 75.3 Å². The molecule has 1 atom stereocenters. The van der Waals surface area contributed by atoms with Crippen molar-refractivity contribution in [2.24, 2.45) is 5.92 Å². The van der Waals surface area contributed by atoms with Crippen molar-refractivity contribution in [2.45, 2.75) is 44.1 Å². The molecule has 2 N–H and O–H groups in total. The van der Waals surface area contributed by atoms with Crippen molar-refractivity contribution in [3.05, 3.63) is 29.3 Å². The smallest absolute Gasteiger partial charge is 0.410 e. The van der Waals surface area contributed by atoms with Crippen molar-refractivity contribution in [1.29, 1.82) is 0 Å². The third kappa shape index (κ3) is 4.66. The van der Waals surface area contributed by atoms with Gasteiger partial charge >= 0.3 is 6.09 Å². The van der Waals surface area contributed by atoms with Gasteiger partial charge in [0.15, 0.2) is 0 Å². The predicted octanol–water partition coefficient (Wildman–Crippen LogP) is 2.27. The van der Waals surface area contributed by atoms with E-state index >= 15 is 0 Å². The van der Waals surface area contributed by atoms with Gasteiger partial charge in [-0.25, -0.2) is 10.3 Å². The first-order valence-electron chi connectivity index (χ1n) is 10.7. The normalized spacial score (nSPS) is 21.8. The second kappa shape index (κ2) is 8.47. The van der Waals surface area contributed by atoms with E-state index < -0.39 is 11.5 Å². The average molecular weight is 464 g/mol. The van der Waals surface area contributed by atoms with Crippen LogP contribution >= 0.6 is 11.8 Å². The summed E-state index contributed by atoms with van der Waals surface area (Å²) in [7, 11) is 0. The molecule has 10 heteroatoms. The molecular weight excluding hydrogens is 434 g/mol. The van der Waals surface area contributed by atoms with Crippen molar-refractivity contribution in [3.63, 3.8) is 0 Å². The van der Waals surface area contributed by atoms with Crippen LogP contribution < -0.4 is 10.2 Å². The average Bonchev–Trinajstić information content (AvgIpc) is 3.05. The van der Waals surface area contributed by atoms with E-state index in [1.165, 1.54) is 0 Å². The molecule has 1 unspecified atom stereocenters. The van der Waals surface area contributed by atoms with Gasteiger partial charge in [-0.05, 0) is 39.3 Å². The van der Waals surface area contributed by atoms with E-state index in [-0.39, 0.29) is 22.7 Å². The van der Waals surface area contributed by atoms with Gasteiger partial charge in [-0.3, -0.25) is 14.8 Å². The van der Waals surface area contributed by atoms with Gasteiger partial charge in [0.1, 0.15) is 18.0 Å². The molecule has 32 heavy (non-hydrogen) atoms. The number of thioether (sulfide) groups is 1. The fourth-order valence-corrected chi connectivity index (χ4v) is 5.98. The quantitative estimate of drug-likeness (QED) is 0.512. The molecule has 0 saturated carbocycles. The lowest BCUT2D eigenvalue weighted by atomic mass is 9.88. The van der Waals surface area contributed by atoms with Gasteiger partial charge in [0.2, 0.25) is 5.91 Å². The number of benzene rings is 1. The number of hydroxylamine groups is 1. The Labute approximate surface area is 191 Å². The molecule has 1 aromatic carbocycles. The molecule has 3 aliphatic heterocycles. The van der Waals surface area contributed by atoms with Gasteiger partial charge in [0.05, 0.1) is 11.3 Å². The number of carbonyl (C=O) groups excluding carboxylic acids is 3. The standard InChI is InChI=1S/C22H29N3O6S/c1-21(2,3)31-20(28)25-12-22(13-25)9-16(11-32-22)19(27)24-6-7-30-17-8-14(18(26)23-29)4-5-15(17)10-24/h4-5,8,16,29H,6-7,9-13H2,1-3H3,(H,23,26). The van der Waals surface area contributed by atoms with Crippen molar-refractivity contribution in [3.8, 4) is 5.75 Å². The highest BCUT2D eigenvalue weighted by molar-refractivity contribution is 8.01. The van der Waals surface area contributed by atoms with Crippen molar-refractivity contribution >= 4 is 29.7 Å². The Hall–Kier alpha value is -2.46. The highest BCUT2D eigenvalue weighted by Crippen LogP contribution is 2.48. The summed E-state index contributed by atoms with van der Waals surface area (Å²) in [5.41, 5.74) is 2.21. The largest absolute Gasteiger partial charge is 0.491 e. The van der Waals surface area contributed by atoms with E-state index in [4.69, 9.17) is 14.7 Å². The van der Waals surface area contributed by atoms with Gasteiger partial charge in [-0.1, -0.05) is 6.07 Å². The lowest BCUT2D eigenvalue weighted by Crippen LogP contribution is -2.61. The number of hydrogen-bond donors (Lipinski definition) is 2. The summed E-state index contributed by atoms with van der Waals surface area (Å²) in [5, 5.41) is 8.82. The molecule has 9 nitrogen and oxygen atoms in total. The minimum absolute atomic E-state index is 0.0654. The molecule has 0 aliphatic carbocycles. The lowest BCUT2D eigenvalue weighted by molar-refractivity contribution is -0.136. The van der Waals surface area contributed by atoms with Crippen LogP contribution in [0, 0.1) is 5.92 Å². The fraction of sp³-hybridized carbons (Fsp3) is 0.591. The number of fused-ring (bicyclic) bond motifs is 1. The highest BCUT2D eigenvalue weighted by atomic mass is 32.2. The minimum Gasteiger partial charge on any atom is -0.491 e. The summed E-state index contributed by atoms with van der Waals surface area (Å²) in [4.78, 5) is 40.7. The number of rotatable bonds is 2. The van der Waals surface area contributed by atoms with E-state index in [0.29, 0.717) is 44.1 Å². The number of nitrogens with one attached hydrogen (secondary N) is 1. The number of amides is 3. The maximum Gasteiger partial charge on any atom is 0.410 e. The van der Waals surface area contributed by atoms with E-state index in [0.717, 1.165) is 17.7 Å². The Kier molecular flexibility index (Phi) is 6.02. The fourth-order valence-electron chi connectivity index (χ4n) is 4.35. The second-order valence-electron chi connectivity index (χ2n) is 9.60. The zero-order valence-corrected chi connectivity index (χ0v) is 19.4. The minimum atomic E-state index is -0.609. The van der Waals surface area contributed by atoms with Crippen LogP contribution in [0.2, 0.25) is 0 Å². The predicted molar refractivity (Wildman–Crippen MR) is 118 cm³/mol. The van der Waals surface area contributed by atoms with Gasteiger partial charge < -0.3 is 19.3 Å². The zero-order valence-electron chi connectivity index (χ0n) is 18.6. The topological polar surface area (TPSA) is 108 Å². The Balaban J connectivity index is 1.36. The van der Waals surface area contributed by atoms with Gasteiger partial charge in [0.25, 0.3) is 5.91 Å². The number of carbonyl (C=O) groups is 3. The van der Waals surface area contributed by atoms with Gasteiger partial charge in [-0.2, -0.15) is 11.8 Å². The summed E-state index contributed by atoms with van der Waals surface area (Å²) >= 11 is 1.77. The Morgan fingerprint density at radius 3 is 2.69 bits per heavy atom. The van der Waals surface area contributed by atoms with Crippen molar-refractivity contribution in [2.75, 3.05) is 32.0 Å². The van der Waals surface area contributed by atoms with Crippen molar-refractivity contribution < 1.29 is 29.1 Å². The van der Waals surface area contributed by atoms with Crippen LogP contribution in [-0.2, 0) is 16.1 Å². The van der Waals surface area contributed by atoms with Crippen LogP contribution in [0.3, 0.4) is 0 Å². The molecular formula is C22H29N3O6S. The highest BCUT2D eigenvalue weighted by Gasteiger charge is 2.53. The molecule has 3 heterocycles. The first kappa shape index (κ1) is 22.7. The van der Waals surface area contributed by atoms with Gasteiger partial charge in [-0.15, -0.1) is 0 Å². The summed E-state index contributed by atoms with van der Waals surface area (Å²) in [5.74, 6) is 0.676. The number of nitrogens with zero attached hydrogens (tertiary/aromatic N) is 2. The third-order valence-corrected chi connectivity index (χ3v) is 7.50. The first-order valence-corrected chi connectivity index (χ1v) is 11.7. The lowest BCUT2D eigenvalue weighted by Gasteiger charge is -2.47. The van der Waals surface area contributed by atoms with Crippen molar-refractivity contribution in [1.82, 2.24) is 15.3 Å². The number of likely N-dealkylation sites (tertiary alicyclic amines) is 1. The monoisotopic (exact) mass is 463 g/mol. The van der Waals surface area contributed by atoms with E-state index in [9.17, 15) is 14.4 Å². The number of hydrogen-bond acceptors (Lipinski definition) is 7. The maximum atomic E-state index is 13.3. The summed E-state index contributed by atoms with van der Waals surface area (Å²) in [6.07, 6.45) is 0.448. The van der Waals surface area contributed by atoms with E-state index in [1.54, 1.807) is 40.3 Å². The van der Waals surface area contributed by atoms with Crippen LogP contribution in [0.4, 0.5) is 4.79 Å². The molecule has 1 spiro atoms. The van der Waals surface area contributed by atoms with E-state index in [2.05, 4.69) is 0 Å². The summed E-state index contributed by atoms with van der Waals surface area (Å²) in [6, 6.07) is 4.93. The van der Waals surface area contributed by atoms with Crippen LogP contribution in [0.5, 0.6) is 5.75 Å². The Bertz CT molecular complexity index is 925. The third-order valence-electron chi connectivity index (χ3n) is 5.89. The van der Waals surface area contributed by atoms with Crippen LogP contribution in [0.15, 0.2) is 18.2 Å². The molecule has 2 saturated heterocycles. The summed E-state index contributed by atoms with van der Waals surface area (Å²) < 4.78 is 11.1. The van der Waals surface area contributed by atoms with E-state index in [1.807, 2.05) is 25.7 Å². The maximum absolute atomic E-state index is 13.3. The molecule has 3 amide bonds. The number of ether oxygens (including phenoxy) is 2. The SMILES string of the molecule is CC(C)(C)OC(=O)N1CC2(CC(C(=O)N3CCOc4cc(C(=O)NO)ccc4C3)CS2)C1. The Morgan fingerprint density at radius 2 is 2.00 bits per heavy atom. The van der Waals surface area contributed by atoms with Crippen LogP contribution in [0.1, 0.15) is 43.1 Å². The summed E-state index contributed by atoms with van der Waals surface area (Å²) in [6.45, 7) is 7.98. The molecule has 0 aromatic heterocycles. The second-order valence-corrected chi connectivity index (χ2v) is 11.1. The Morgan fingerprint density at radius 1 is 1.25 bits per heavy atom.